The Kier molecular flexibility index (Phi) is 20.0. The normalized spacial score (nSPS) is 19.5. The molecule has 77 heavy (non-hydrogen) atoms. The highest BCUT2D eigenvalue weighted by molar-refractivity contribution is 7.86. The average molecular weight is 1140 g/mol. The summed E-state index contributed by atoms with van der Waals surface area (Å²) in [7, 11) is -15.2. The fourth-order valence-corrected chi connectivity index (χ4v) is 10.4. The summed E-state index contributed by atoms with van der Waals surface area (Å²) in [5.74, 6) is -13.8. The number of benzene rings is 3. The lowest BCUT2D eigenvalue weighted by Crippen LogP contribution is -2.77. The Morgan fingerprint density at radius 3 is 1.94 bits per heavy atom. The molecule has 3 aliphatic rings. The van der Waals surface area contributed by atoms with Crippen LogP contribution >= 0.6 is 0 Å². The molecule has 0 spiro atoms. The van der Waals surface area contributed by atoms with Gasteiger partial charge in [-0.05, 0) is 49.6 Å². The van der Waals surface area contributed by atoms with E-state index in [2.05, 4.69) is 25.8 Å². The van der Waals surface area contributed by atoms with Crippen molar-refractivity contribution in [2.75, 3.05) is 42.2 Å². The van der Waals surface area contributed by atoms with Gasteiger partial charge in [0.15, 0.2) is 11.6 Å². The van der Waals surface area contributed by atoms with E-state index < -0.39 is 138 Å². The lowest BCUT2D eigenvalue weighted by molar-refractivity contribution is -0.499. The molecule has 3 atom stereocenters. The molecule has 3 aromatic carbocycles. The highest BCUT2D eigenvalue weighted by atomic mass is 32.2. The highest BCUT2D eigenvalue weighted by Gasteiger charge is 2.36. The monoisotopic (exact) mass is 1140 g/mol. The zero-order chi connectivity index (χ0) is 57.2. The van der Waals surface area contributed by atoms with Crippen LogP contribution in [0.1, 0.15) is 84.5 Å². The molecule has 9 N–H and O–H groups in total. The second-order valence-electron chi connectivity index (χ2n) is 17.9. The van der Waals surface area contributed by atoms with E-state index in [1.54, 1.807) is 50.2 Å². The predicted molar refractivity (Wildman–Crippen MR) is 266 cm³/mol. The van der Waals surface area contributed by atoms with Crippen LogP contribution in [0.25, 0.3) is 5.57 Å². The van der Waals surface area contributed by atoms with Crippen LogP contribution in [0.15, 0.2) is 48.5 Å². The number of hydroxylamine groups is 2. The topological polar surface area (TPSA) is 421 Å². The number of carboxylic acid groups (broad SMARTS) is 1. The number of carboxylic acids is 1. The molecule has 3 unspecified atom stereocenters. The molecule has 4 bridgehead atoms. The van der Waals surface area contributed by atoms with E-state index in [9.17, 15) is 87.2 Å². The fourth-order valence-electron chi connectivity index (χ4n) is 8.19. The Morgan fingerprint density at radius 2 is 1.32 bits per heavy atom. The lowest BCUT2D eigenvalue weighted by atomic mass is 9.88. The number of nitrogens with zero attached hydrogens (tertiary/aromatic N) is 1. The van der Waals surface area contributed by atoms with E-state index in [1.165, 1.54) is 6.07 Å². The van der Waals surface area contributed by atoms with Gasteiger partial charge in [0, 0.05) is 85.8 Å². The van der Waals surface area contributed by atoms with E-state index in [0.29, 0.717) is 60.7 Å². The molecular formula is C47H55N6O21S3+. The van der Waals surface area contributed by atoms with Crippen LogP contribution in [0.5, 0.6) is 11.5 Å². The third kappa shape index (κ3) is 17.8. The maximum atomic E-state index is 13.5. The van der Waals surface area contributed by atoms with Crippen molar-refractivity contribution in [2.45, 2.75) is 77.8 Å². The third-order valence-electron chi connectivity index (χ3n) is 11.7. The largest absolute Gasteiger partial charge is 0.478 e. The van der Waals surface area contributed by atoms with E-state index in [-0.39, 0.29) is 50.9 Å². The van der Waals surface area contributed by atoms with E-state index in [4.69, 9.17) is 4.74 Å². The number of amides is 5. The number of carbonyl (C=O) groups is 9. The molecule has 3 aliphatic heterocycles. The van der Waals surface area contributed by atoms with Gasteiger partial charge in [0.1, 0.15) is 41.6 Å². The number of anilines is 1. The molecule has 0 radical (unpaired) electrons. The van der Waals surface area contributed by atoms with Gasteiger partial charge in [-0.25, -0.2) is 14.6 Å². The van der Waals surface area contributed by atoms with E-state index >= 15 is 0 Å². The first kappa shape index (κ1) is 60.4. The van der Waals surface area contributed by atoms with Gasteiger partial charge in [0.25, 0.3) is 42.2 Å². The number of ether oxygens (including phenoxy) is 1. The van der Waals surface area contributed by atoms with Crippen molar-refractivity contribution in [3.63, 3.8) is 0 Å². The summed E-state index contributed by atoms with van der Waals surface area (Å²) in [4.78, 5) is 118. The third-order valence-corrected chi connectivity index (χ3v) is 14.1. The molecule has 27 nitrogen and oxygen atoms in total. The van der Waals surface area contributed by atoms with Gasteiger partial charge in [-0.2, -0.15) is 25.3 Å². The molecule has 6 rings (SSSR count). The van der Waals surface area contributed by atoms with Crippen molar-refractivity contribution >= 4 is 94.7 Å². The minimum atomic E-state index is -5.11. The smallest absolute Gasteiger partial charge is 0.336 e. The Bertz CT molecular complexity index is 3370. The van der Waals surface area contributed by atoms with Gasteiger partial charge in [-0.3, -0.25) is 47.2 Å². The summed E-state index contributed by atoms with van der Waals surface area (Å²) in [6.07, 6.45) is -2.08. The number of rotatable bonds is 9. The van der Waals surface area contributed by atoms with Crippen LogP contribution in [0.4, 0.5) is 5.69 Å². The van der Waals surface area contributed by atoms with Crippen LogP contribution in [-0.4, -0.2) is 151 Å². The predicted octanol–water partition coefficient (Wildman–Crippen LogP) is -2.45. The van der Waals surface area contributed by atoms with Crippen LogP contribution in [0.2, 0.25) is 0 Å². The summed E-state index contributed by atoms with van der Waals surface area (Å²) in [6.45, 7) is 4.52. The van der Waals surface area contributed by atoms with Gasteiger partial charge in [-0.15, -0.1) is 5.06 Å². The molecule has 1 fully saturated rings. The molecule has 1 saturated heterocycles. The number of imide groups is 1. The van der Waals surface area contributed by atoms with Crippen molar-refractivity contribution < 1.29 is 102 Å². The molecule has 0 aromatic heterocycles. The number of hydrogen-bond acceptors (Lipinski definition) is 18. The van der Waals surface area contributed by atoms with Crippen molar-refractivity contribution in [3.8, 4) is 11.5 Å². The molecule has 30 heteroatoms. The van der Waals surface area contributed by atoms with Crippen LogP contribution < -0.4 is 41.6 Å². The van der Waals surface area contributed by atoms with Crippen molar-refractivity contribution in [2.24, 2.45) is 5.92 Å². The number of aryl methyl sites for hydroxylation is 2. The van der Waals surface area contributed by atoms with Gasteiger partial charge >= 0.3 is 11.9 Å². The van der Waals surface area contributed by atoms with Gasteiger partial charge in [-0.1, -0.05) is 18.2 Å². The number of Topliss-reactive ketones (excluding diaryl/α,β-unsaturated/α-hetero) is 2. The average Bonchev–Trinajstić information content (AvgIpc) is 3.62. The molecule has 3 heterocycles. The first-order chi connectivity index (χ1) is 35.9. The minimum Gasteiger partial charge on any atom is -0.478 e. The van der Waals surface area contributed by atoms with Gasteiger partial charge in [0.2, 0.25) is 23.1 Å². The van der Waals surface area contributed by atoms with Crippen molar-refractivity contribution in [1.82, 2.24) is 21.0 Å². The maximum Gasteiger partial charge on any atom is 0.336 e. The first-order valence-corrected chi connectivity index (χ1v) is 28.2. The summed E-state index contributed by atoms with van der Waals surface area (Å²) in [6, 6.07) is 9.21. The summed E-state index contributed by atoms with van der Waals surface area (Å²) >= 11 is 0. The minimum absolute atomic E-state index is 0.0190. The fraction of sp³-hybridized carbons (Fsp3) is 0.404. The van der Waals surface area contributed by atoms with Crippen LogP contribution in [-0.2, 0) is 73.5 Å². The number of fused-ring (bicyclic) bond motifs is 2. The second kappa shape index (κ2) is 25.6. The lowest BCUT2D eigenvalue weighted by Gasteiger charge is -2.24. The van der Waals surface area contributed by atoms with Crippen LogP contribution in [0, 0.1) is 19.8 Å². The number of aromatic carboxylic acids is 1. The maximum absolute atomic E-state index is 13.5. The molecule has 0 aliphatic carbocycles. The number of carbonyl (C=O) groups excluding carboxylic acids is 8. The zero-order valence-electron chi connectivity index (χ0n) is 41.4. The standard InChI is InChI=1S/C41H47N5O17S3.C6H7NO4/c1-22-14-27-35-17-29(22)42-12-9-37(49)44-11-5-8-33(47)31(20-65(57,58)59)46-40(51)24(19-64(54,55)56)16-34(48)32(21-66(60,61)62)45-38(50)10-13-43-30-18-36(63-35)28(15-23(30)2)39(27)25-6-3-4-7-26(25)41(52)53;1-4(8)11-7-5(9)2-3-6(7)10/h3-4,6-7,14-15,17-18,24,31-32,43H,5,8-13,16,19-21H2,1-2H3,(H,44,49)(H,45,50)(H,46,51)(H,52,53)(H,54,55,56)(H,57,58,59)(H,60,61,62);2-3H2,1H3/p+1. The first-order valence-electron chi connectivity index (χ1n) is 23.4. The van der Waals surface area contributed by atoms with Crippen molar-refractivity contribution in [1.29, 1.82) is 0 Å². The summed E-state index contributed by atoms with van der Waals surface area (Å²) in [5, 5.41) is 21.6. The quantitative estimate of drug-likeness (QED) is 0.0620. The Hall–Kier alpha value is -7.51. The molecule has 0 saturated carbocycles. The zero-order valence-corrected chi connectivity index (χ0v) is 43.9. The Balaban J connectivity index is 0.000000882. The SMILES string of the molecule is CC(=O)ON1C(=O)CCC1=O.Cc1cc2c3cc1NCCC(=O)NC(CS(=O)(=O)O)C(=O)CC(CS(=O)(=O)O)C(=O)NC(CS(=O)(=O)O)C(=O)CCCNC(=O)CC[NH+]=c1cc(c(cc1C)=C2c1ccccc1C(=O)O)O3. The Labute approximate surface area is 440 Å². The van der Waals surface area contributed by atoms with Crippen molar-refractivity contribution in [3.05, 3.63) is 86.9 Å². The van der Waals surface area contributed by atoms with Gasteiger partial charge < -0.3 is 35.9 Å². The molecular weight excluding hydrogens is 1080 g/mol. The number of ketones is 2. The number of hydrogen-bond donors (Lipinski definition) is 9. The number of nitrogens with one attached hydrogen (secondary N) is 5. The highest BCUT2D eigenvalue weighted by Crippen LogP contribution is 2.40. The van der Waals surface area contributed by atoms with Crippen LogP contribution in [0.3, 0.4) is 0 Å². The molecule has 5 amide bonds. The van der Waals surface area contributed by atoms with E-state index in [1.807, 2.05) is 11.4 Å². The summed E-state index contributed by atoms with van der Waals surface area (Å²) < 4.78 is 107. The van der Waals surface area contributed by atoms with E-state index in [0.717, 1.165) is 6.92 Å². The van der Waals surface area contributed by atoms with Gasteiger partial charge in [0.05, 0.1) is 29.7 Å². The molecule has 416 valence electrons. The summed E-state index contributed by atoms with van der Waals surface area (Å²) in [5.41, 5.74) is 3.26. The Morgan fingerprint density at radius 1 is 0.701 bits per heavy atom. The molecule has 3 aromatic rings. The second-order valence-corrected chi connectivity index (χ2v) is 22.4.